The maximum Gasteiger partial charge on any atom is 0.219 e. The number of carbonyl (C=O) groups is 1. The molecule has 0 aromatic carbocycles. The Hall–Kier alpha value is -1.30. The summed E-state index contributed by atoms with van der Waals surface area (Å²) in [5.74, 6) is 1.47. The molecule has 0 aromatic heterocycles. The van der Waals surface area contributed by atoms with Crippen molar-refractivity contribution in [2.24, 2.45) is 16.6 Å². The fourth-order valence-electron chi connectivity index (χ4n) is 3.21. The van der Waals surface area contributed by atoms with Crippen molar-refractivity contribution in [3.05, 3.63) is 0 Å². The lowest BCUT2D eigenvalue weighted by Gasteiger charge is -2.22. The van der Waals surface area contributed by atoms with E-state index in [0.29, 0.717) is 19.1 Å². The third-order valence-electron chi connectivity index (χ3n) is 4.60. The Morgan fingerprint density at radius 3 is 2.55 bits per heavy atom. The van der Waals surface area contributed by atoms with Gasteiger partial charge in [0.2, 0.25) is 5.91 Å². The number of amides is 1. The van der Waals surface area contributed by atoms with Crippen LogP contribution in [0.1, 0.15) is 39.0 Å². The summed E-state index contributed by atoms with van der Waals surface area (Å²) in [6, 6.07) is 0. The standard InChI is InChI=1S/C16H30N4O2/c1-14(21)19-8-4-9-20(11-10-19)16(17)18-7-12-22-13-15-5-2-3-6-15/h15H,2-13H2,1H3,(H2,17,18). The molecule has 0 atom stereocenters. The first-order chi connectivity index (χ1) is 10.7. The average Bonchev–Trinajstić information content (AvgIpc) is 2.88. The molecule has 1 saturated heterocycles. The van der Waals surface area contributed by atoms with E-state index in [1.54, 1.807) is 6.92 Å². The normalized spacial score (nSPS) is 21.2. The second-order valence-electron chi connectivity index (χ2n) is 6.31. The van der Waals surface area contributed by atoms with Gasteiger partial charge in [0, 0.05) is 39.7 Å². The lowest BCUT2D eigenvalue weighted by atomic mass is 10.1. The zero-order chi connectivity index (χ0) is 15.8. The quantitative estimate of drug-likeness (QED) is 0.468. The Bertz CT molecular complexity index is 380. The summed E-state index contributed by atoms with van der Waals surface area (Å²) in [6.45, 7) is 6.91. The fraction of sp³-hybridized carbons (Fsp3) is 0.875. The van der Waals surface area contributed by atoms with Gasteiger partial charge in [-0.2, -0.15) is 0 Å². The minimum atomic E-state index is 0.137. The van der Waals surface area contributed by atoms with Crippen molar-refractivity contribution in [2.45, 2.75) is 39.0 Å². The molecule has 1 heterocycles. The largest absolute Gasteiger partial charge is 0.379 e. The summed E-state index contributed by atoms with van der Waals surface area (Å²) >= 11 is 0. The van der Waals surface area contributed by atoms with E-state index in [2.05, 4.69) is 9.89 Å². The van der Waals surface area contributed by atoms with Crippen LogP contribution in [0.25, 0.3) is 0 Å². The van der Waals surface area contributed by atoms with Crippen LogP contribution < -0.4 is 5.73 Å². The van der Waals surface area contributed by atoms with Gasteiger partial charge in [0.1, 0.15) is 0 Å². The molecular formula is C16H30N4O2. The van der Waals surface area contributed by atoms with Gasteiger partial charge in [-0.3, -0.25) is 9.79 Å². The molecule has 0 aromatic rings. The summed E-state index contributed by atoms with van der Waals surface area (Å²) in [6.07, 6.45) is 6.27. The van der Waals surface area contributed by atoms with Crippen molar-refractivity contribution in [1.82, 2.24) is 9.80 Å². The van der Waals surface area contributed by atoms with Crippen LogP contribution in [0.5, 0.6) is 0 Å². The van der Waals surface area contributed by atoms with Crippen LogP contribution in [0.2, 0.25) is 0 Å². The van der Waals surface area contributed by atoms with Gasteiger partial charge in [0.05, 0.1) is 13.2 Å². The average molecular weight is 310 g/mol. The van der Waals surface area contributed by atoms with Crippen LogP contribution in [-0.4, -0.2) is 67.6 Å². The lowest BCUT2D eigenvalue weighted by molar-refractivity contribution is -0.128. The van der Waals surface area contributed by atoms with Gasteiger partial charge in [0.15, 0.2) is 5.96 Å². The number of nitrogens with two attached hydrogens (primary N) is 1. The van der Waals surface area contributed by atoms with Crippen LogP contribution in [0.15, 0.2) is 4.99 Å². The Morgan fingerprint density at radius 1 is 1.14 bits per heavy atom. The first-order valence-corrected chi connectivity index (χ1v) is 8.55. The molecule has 2 aliphatic rings. The third kappa shape index (κ3) is 5.48. The van der Waals surface area contributed by atoms with Gasteiger partial charge in [-0.15, -0.1) is 0 Å². The van der Waals surface area contributed by atoms with Gasteiger partial charge in [-0.25, -0.2) is 0 Å². The van der Waals surface area contributed by atoms with E-state index in [-0.39, 0.29) is 5.91 Å². The number of hydrogen-bond donors (Lipinski definition) is 1. The van der Waals surface area contributed by atoms with Gasteiger partial charge >= 0.3 is 0 Å². The lowest BCUT2D eigenvalue weighted by Crippen LogP contribution is -2.40. The zero-order valence-electron chi connectivity index (χ0n) is 13.8. The molecule has 6 nitrogen and oxygen atoms in total. The van der Waals surface area contributed by atoms with E-state index in [4.69, 9.17) is 10.5 Å². The Labute approximate surface area is 133 Å². The third-order valence-corrected chi connectivity index (χ3v) is 4.60. The zero-order valence-corrected chi connectivity index (χ0v) is 13.8. The SMILES string of the molecule is CC(=O)N1CCCN(C(N)=NCCOCC2CCCC2)CC1. The molecule has 1 amide bonds. The topological polar surface area (TPSA) is 71.2 Å². The summed E-state index contributed by atoms with van der Waals surface area (Å²) in [5.41, 5.74) is 6.06. The number of carbonyl (C=O) groups excluding carboxylic acids is 1. The van der Waals surface area contributed by atoms with E-state index in [0.717, 1.165) is 45.1 Å². The van der Waals surface area contributed by atoms with Crippen molar-refractivity contribution in [1.29, 1.82) is 0 Å². The van der Waals surface area contributed by atoms with E-state index in [9.17, 15) is 4.79 Å². The highest BCUT2D eigenvalue weighted by molar-refractivity contribution is 5.78. The van der Waals surface area contributed by atoms with Crippen molar-refractivity contribution in [2.75, 3.05) is 45.9 Å². The van der Waals surface area contributed by atoms with Crippen LogP contribution in [0.3, 0.4) is 0 Å². The monoisotopic (exact) mass is 310 g/mol. The molecule has 22 heavy (non-hydrogen) atoms. The highest BCUT2D eigenvalue weighted by atomic mass is 16.5. The smallest absolute Gasteiger partial charge is 0.219 e. The van der Waals surface area contributed by atoms with Crippen molar-refractivity contribution < 1.29 is 9.53 Å². The molecule has 1 aliphatic carbocycles. The van der Waals surface area contributed by atoms with Gasteiger partial charge in [0.25, 0.3) is 0 Å². The van der Waals surface area contributed by atoms with Crippen LogP contribution in [0.4, 0.5) is 0 Å². The minimum absolute atomic E-state index is 0.137. The second-order valence-corrected chi connectivity index (χ2v) is 6.31. The van der Waals surface area contributed by atoms with Crippen LogP contribution >= 0.6 is 0 Å². The number of aliphatic imine (C=N–C) groups is 1. The molecular weight excluding hydrogens is 280 g/mol. The number of rotatable bonds is 5. The fourth-order valence-corrected chi connectivity index (χ4v) is 3.21. The molecule has 2 fully saturated rings. The minimum Gasteiger partial charge on any atom is -0.379 e. The van der Waals surface area contributed by atoms with Crippen LogP contribution in [-0.2, 0) is 9.53 Å². The van der Waals surface area contributed by atoms with Crippen molar-refractivity contribution in [3.8, 4) is 0 Å². The Morgan fingerprint density at radius 2 is 1.82 bits per heavy atom. The maximum atomic E-state index is 11.4. The highest BCUT2D eigenvalue weighted by Crippen LogP contribution is 2.24. The molecule has 2 N–H and O–H groups in total. The van der Waals surface area contributed by atoms with Crippen molar-refractivity contribution in [3.63, 3.8) is 0 Å². The van der Waals surface area contributed by atoms with E-state index in [1.807, 2.05) is 4.90 Å². The summed E-state index contributed by atoms with van der Waals surface area (Å²) < 4.78 is 5.69. The Balaban J connectivity index is 1.64. The number of hydrogen-bond acceptors (Lipinski definition) is 3. The Kier molecular flexibility index (Phi) is 6.96. The molecule has 0 bridgehead atoms. The molecule has 1 saturated carbocycles. The van der Waals surface area contributed by atoms with E-state index >= 15 is 0 Å². The molecule has 2 rings (SSSR count). The molecule has 126 valence electrons. The number of nitrogens with zero attached hydrogens (tertiary/aromatic N) is 3. The van der Waals surface area contributed by atoms with Crippen LogP contribution in [0, 0.1) is 5.92 Å². The molecule has 0 spiro atoms. The molecule has 1 aliphatic heterocycles. The molecule has 0 radical (unpaired) electrons. The summed E-state index contributed by atoms with van der Waals surface area (Å²) in [5, 5.41) is 0. The second kappa shape index (κ2) is 8.98. The number of guanidine groups is 1. The number of ether oxygens (including phenoxy) is 1. The first-order valence-electron chi connectivity index (χ1n) is 8.55. The van der Waals surface area contributed by atoms with Gasteiger partial charge in [-0.05, 0) is 25.2 Å². The summed E-state index contributed by atoms with van der Waals surface area (Å²) in [4.78, 5) is 19.8. The maximum absolute atomic E-state index is 11.4. The van der Waals surface area contributed by atoms with E-state index in [1.165, 1.54) is 25.7 Å². The van der Waals surface area contributed by atoms with Gasteiger partial charge < -0.3 is 20.3 Å². The predicted octanol–water partition coefficient (Wildman–Crippen LogP) is 1.06. The first kappa shape index (κ1) is 17.1. The summed E-state index contributed by atoms with van der Waals surface area (Å²) in [7, 11) is 0. The van der Waals surface area contributed by atoms with Crippen molar-refractivity contribution >= 4 is 11.9 Å². The molecule has 6 heteroatoms. The molecule has 0 unspecified atom stereocenters. The van der Waals surface area contributed by atoms with Gasteiger partial charge in [-0.1, -0.05) is 12.8 Å². The highest BCUT2D eigenvalue weighted by Gasteiger charge is 2.17. The predicted molar refractivity (Wildman–Crippen MR) is 87.7 cm³/mol. The van der Waals surface area contributed by atoms with E-state index < -0.39 is 0 Å².